The Hall–Kier alpha value is -2.80. The number of aromatic nitrogens is 2. The predicted octanol–water partition coefficient (Wildman–Crippen LogP) is 5.36. The van der Waals surface area contributed by atoms with Crippen LogP contribution < -0.4 is 10.3 Å². The number of H-pyrrole nitrogens is 1. The Morgan fingerprint density at radius 1 is 1.24 bits per heavy atom. The van der Waals surface area contributed by atoms with E-state index in [1.165, 1.54) is 23.9 Å². The maximum absolute atomic E-state index is 13.5. The summed E-state index contributed by atoms with van der Waals surface area (Å²) >= 11 is 1.54. The van der Waals surface area contributed by atoms with Gasteiger partial charge in [0.05, 0.1) is 15.9 Å². The first-order chi connectivity index (χ1) is 13.9. The molecule has 0 saturated carbocycles. The lowest BCUT2D eigenvalue weighted by Gasteiger charge is -2.23. The largest absolute Gasteiger partial charge is 0.489 e. The van der Waals surface area contributed by atoms with Crippen molar-refractivity contribution in [2.45, 2.75) is 38.7 Å². The van der Waals surface area contributed by atoms with E-state index in [0.717, 1.165) is 16.2 Å². The van der Waals surface area contributed by atoms with Crippen LogP contribution in [0, 0.1) is 5.82 Å². The summed E-state index contributed by atoms with van der Waals surface area (Å²) < 4.78 is 21.3. The molecule has 1 N–H and O–H groups in total. The number of aliphatic imine (C=N–C) groups is 1. The van der Waals surface area contributed by atoms with Gasteiger partial charge in [-0.2, -0.15) is 0 Å². The number of nitrogens with one attached hydrogen (secondary N) is 1. The van der Waals surface area contributed by atoms with Crippen LogP contribution in [-0.2, 0) is 6.61 Å². The number of halogens is 1. The predicted molar refractivity (Wildman–Crippen MR) is 115 cm³/mol. The molecule has 1 aromatic heterocycles. The van der Waals surface area contributed by atoms with E-state index in [1.54, 1.807) is 6.07 Å². The first-order valence-electron chi connectivity index (χ1n) is 9.46. The molecule has 0 spiro atoms. The molecule has 1 aliphatic rings. The molecule has 0 radical (unpaired) electrons. The lowest BCUT2D eigenvalue weighted by molar-refractivity contribution is 0.302. The molecular formula is C22H22FN3O2S. The van der Waals surface area contributed by atoms with Gasteiger partial charge in [-0.3, -0.25) is 14.6 Å². The van der Waals surface area contributed by atoms with Crippen LogP contribution in [0.25, 0.3) is 0 Å². The zero-order valence-corrected chi connectivity index (χ0v) is 17.3. The van der Waals surface area contributed by atoms with Gasteiger partial charge in [-0.1, -0.05) is 42.1 Å². The van der Waals surface area contributed by atoms with Crippen molar-refractivity contribution in [3.05, 3.63) is 81.4 Å². The molecule has 7 heteroatoms. The van der Waals surface area contributed by atoms with Crippen molar-refractivity contribution < 1.29 is 9.13 Å². The highest BCUT2D eigenvalue weighted by Gasteiger charge is 2.32. The van der Waals surface area contributed by atoms with Gasteiger partial charge in [0.25, 0.3) is 5.56 Å². The minimum atomic E-state index is -0.291. The third kappa shape index (κ3) is 3.87. The number of thioether (sulfide) groups is 1. The molecule has 0 unspecified atom stereocenters. The number of hydrogen-bond donors (Lipinski definition) is 1. The summed E-state index contributed by atoms with van der Waals surface area (Å²) in [4.78, 5) is 17.4. The van der Waals surface area contributed by atoms with Crippen LogP contribution >= 0.6 is 11.8 Å². The average molecular weight is 412 g/mol. The van der Waals surface area contributed by atoms with Crippen LogP contribution in [0.2, 0.25) is 0 Å². The van der Waals surface area contributed by atoms with Crippen molar-refractivity contribution in [1.29, 1.82) is 0 Å². The number of para-hydroxylation sites is 1. The van der Waals surface area contributed by atoms with Crippen LogP contribution in [-0.4, -0.2) is 14.8 Å². The third-order valence-corrected chi connectivity index (χ3v) is 5.91. The van der Waals surface area contributed by atoms with E-state index < -0.39 is 0 Å². The Balaban J connectivity index is 1.72. The molecule has 150 valence electrons. The van der Waals surface area contributed by atoms with Crippen LogP contribution in [0.4, 0.5) is 10.2 Å². The van der Waals surface area contributed by atoms with E-state index in [4.69, 9.17) is 4.74 Å². The molecule has 4 rings (SSSR count). The fourth-order valence-corrected chi connectivity index (χ4v) is 4.55. The summed E-state index contributed by atoms with van der Waals surface area (Å²) in [5, 5.41) is 3.57. The van der Waals surface area contributed by atoms with Gasteiger partial charge in [-0.05, 0) is 44.5 Å². The summed E-state index contributed by atoms with van der Waals surface area (Å²) in [5.74, 6) is 1.05. The average Bonchev–Trinajstić information content (AvgIpc) is 3.03. The molecule has 2 heterocycles. The zero-order valence-electron chi connectivity index (χ0n) is 16.5. The first kappa shape index (κ1) is 19.5. The molecule has 0 saturated heterocycles. The van der Waals surface area contributed by atoms with Crippen LogP contribution in [0.1, 0.15) is 48.8 Å². The van der Waals surface area contributed by atoms with E-state index >= 15 is 0 Å². The number of nitrogens with zero attached hydrogens (tertiary/aromatic N) is 2. The number of rotatable bonds is 5. The second kappa shape index (κ2) is 7.91. The molecule has 3 aromatic rings. The summed E-state index contributed by atoms with van der Waals surface area (Å²) in [5.41, 5.74) is 2.15. The third-order valence-electron chi connectivity index (χ3n) is 4.75. The number of aromatic amines is 1. The highest BCUT2D eigenvalue weighted by Crippen LogP contribution is 2.46. The van der Waals surface area contributed by atoms with Crippen LogP contribution in [0.3, 0.4) is 0 Å². The molecule has 2 aromatic carbocycles. The first-order valence-corrected chi connectivity index (χ1v) is 10.3. The molecular weight excluding hydrogens is 389 g/mol. The number of ether oxygens (including phenoxy) is 1. The van der Waals surface area contributed by atoms with Crippen molar-refractivity contribution in [3.8, 4) is 5.75 Å². The standard InChI is InChI=1S/C22H22FN3O2S/c1-13(2)26-21-19(22(27)25-26)20(29-14(3)24-21)17-9-4-5-10-18(17)28-12-15-7-6-8-16(23)11-15/h4-11,13,20H,12H2,1-3H3,(H,25,27)/t20-/m0/s1. The van der Waals surface area contributed by atoms with Gasteiger partial charge in [0.15, 0.2) is 5.82 Å². The summed E-state index contributed by atoms with van der Waals surface area (Å²) in [7, 11) is 0. The molecule has 5 nitrogen and oxygen atoms in total. The zero-order chi connectivity index (χ0) is 20.5. The minimum absolute atomic E-state index is 0.0891. The van der Waals surface area contributed by atoms with E-state index in [-0.39, 0.29) is 29.3 Å². The molecule has 0 fully saturated rings. The quantitative estimate of drug-likeness (QED) is 0.615. The van der Waals surface area contributed by atoms with E-state index in [2.05, 4.69) is 10.1 Å². The van der Waals surface area contributed by atoms with Gasteiger partial charge >= 0.3 is 0 Å². The number of hydrogen-bond acceptors (Lipinski definition) is 4. The molecule has 29 heavy (non-hydrogen) atoms. The minimum Gasteiger partial charge on any atom is -0.489 e. The Kier molecular flexibility index (Phi) is 5.32. The fraction of sp³-hybridized carbons (Fsp3) is 0.273. The number of fused-ring (bicyclic) bond motifs is 1. The van der Waals surface area contributed by atoms with Crippen LogP contribution in [0.15, 0.2) is 58.3 Å². The summed E-state index contributed by atoms with van der Waals surface area (Å²) in [6.45, 7) is 6.20. The molecule has 0 aliphatic carbocycles. The van der Waals surface area contributed by atoms with Crippen molar-refractivity contribution >= 4 is 22.6 Å². The van der Waals surface area contributed by atoms with Crippen LogP contribution in [0.5, 0.6) is 5.75 Å². The van der Waals surface area contributed by atoms with E-state index in [0.29, 0.717) is 17.1 Å². The summed E-state index contributed by atoms with van der Waals surface area (Å²) in [6.07, 6.45) is 0. The molecule has 0 bridgehead atoms. The van der Waals surface area contributed by atoms with Gasteiger partial charge in [-0.15, -0.1) is 0 Å². The number of benzene rings is 2. The van der Waals surface area contributed by atoms with Gasteiger partial charge in [0.2, 0.25) is 0 Å². The van der Waals surface area contributed by atoms with Gasteiger partial charge in [0, 0.05) is 11.6 Å². The van der Waals surface area contributed by atoms with E-state index in [1.807, 2.05) is 55.8 Å². The maximum Gasteiger partial charge on any atom is 0.271 e. The van der Waals surface area contributed by atoms with Crippen molar-refractivity contribution in [1.82, 2.24) is 9.78 Å². The molecule has 1 atom stereocenters. The van der Waals surface area contributed by atoms with Gasteiger partial charge in [0.1, 0.15) is 18.2 Å². The Morgan fingerprint density at radius 3 is 2.79 bits per heavy atom. The second-order valence-corrected chi connectivity index (χ2v) is 8.53. The van der Waals surface area contributed by atoms with Gasteiger partial charge in [-0.25, -0.2) is 9.38 Å². The van der Waals surface area contributed by atoms with Crippen molar-refractivity contribution in [2.75, 3.05) is 0 Å². The summed E-state index contributed by atoms with van der Waals surface area (Å²) in [6, 6.07) is 14.1. The lowest BCUT2D eigenvalue weighted by atomic mass is 10.0. The van der Waals surface area contributed by atoms with E-state index in [9.17, 15) is 9.18 Å². The monoisotopic (exact) mass is 411 g/mol. The molecule has 0 amide bonds. The highest BCUT2D eigenvalue weighted by atomic mass is 32.2. The van der Waals surface area contributed by atoms with Gasteiger partial charge < -0.3 is 4.74 Å². The van der Waals surface area contributed by atoms with Crippen molar-refractivity contribution in [2.24, 2.45) is 4.99 Å². The fourth-order valence-electron chi connectivity index (χ4n) is 3.42. The normalized spacial score (nSPS) is 15.9. The Morgan fingerprint density at radius 2 is 2.03 bits per heavy atom. The Labute approximate surface area is 172 Å². The lowest BCUT2D eigenvalue weighted by Crippen LogP contribution is -2.14. The highest BCUT2D eigenvalue weighted by molar-refractivity contribution is 8.14. The maximum atomic E-state index is 13.5. The Bertz CT molecular complexity index is 1130. The topological polar surface area (TPSA) is 59.4 Å². The SMILES string of the molecule is CC1=Nc2c(c(=O)[nH]n2C(C)C)[C@H](c2ccccc2OCc2cccc(F)c2)S1. The molecule has 1 aliphatic heterocycles. The second-order valence-electron chi connectivity index (χ2n) is 7.23. The van der Waals surface area contributed by atoms with Crippen molar-refractivity contribution in [3.63, 3.8) is 0 Å². The smallest absolute Gasteiger partial charge is 0.271 e.